The zero-order valence-electron chi connectivity index (χ0n) is 9.90. The molecule has 1 aromatic rings. The number of hydrogen-bond donors (Lipinski definition) is 0. The van der Waals surface area contributed by atoms with Crippen molar-refractivity contribution in [1.29, 1.82) is 0 Å². The first kappa shape index (κ1) is 12.5. The van der Waals surface area contributed by atoms with Crippen LogP contribution >= 0.6 is 0 Å². The van der Waals surface area contributed by atoms with Gasteiger partial charge in [0.25, 0.3) is 0 Å². The van der Waals surface area contributed by atoms with E-state index >= 15 is 0 Å². The third-order valence-electron chi connectivity index (χ3n) is 2.09. The van der Waals surface area contributed by atoms with Gasteiger partial charge < -0.3 is 14.2 Å². The highest BCUT2D eigenvalue weighted by molar-refractivity contribution is 5.84. The van der Waals surface area contributed by atoms with E-state index in [-0.39, 0.29) is 0 Å². The van der Waals surface area contributed by atoms with Crippen LogP contribution in [0.4, 0.5) is 0 Å². The van der Waals surface area contributed by atoms with Crippen molar-refractivity contribution in [2.24, 2.45) is 4.99 Å². The first-order valence-electron chi connectivity index (χ1n) is 5.02. The van der Waals surface area contributed by atoms with Crippen LogP contribution in [0.2, 0.25) is 0 Å². The Morgan fingerprint density at radius 2 is 2.00 bits per heavy atom. The molecule has 0 aliphatic carbocycles. The fraction of sp³-hybridized carbons (Fsp3) is 0.417. The highest BCUT2D eigenvalue weighted by Crippen LogP contribution is 2.22. The number of nitrogens with zero attached hydrogens (tertiary/aromatic N) is 1. The van der Waals surface area contributed by atoms with E-state index < -0.39 is 0 Å². The van der Waals surface area contributed by atoms with E-state index in [9.17, 15) is 0 Å². The molecule has 0 unspecified atom stereocenters. The van der Waals surface area contributed by atoms with Crippen molar-refractivity contribution in [3.63, 3.8) is 0 Å². The van der Waals surface area contributed by atoms with Crippen LogP contribution in [0.5, 0.6) is 11.5 Å². The van der Waals surface area contributed by atoms with Crippen LogP contribution in [0.25, 0.3) is 0 Å². The van der Waals surface area contributed by atoms with Gasteiger partial charge in [-0.1, -0.05) is 0 Å². The molecule has 0 aliphatic rings. The smallest absolute Gasteiger partial charge is 0.127 e. The second kappa shape index (κ2) is 6.85. The number of aliphatic imine (C=N–C) groups is 1. The Balaban J connectivity index is 2.78. The Labute approximate surface area is 95.9 Å². The monoisotopic (exact) mass is 223 g/mol. The summed E-state index contributed by atoms with van der Waals surface area (Å²) in [6.07, 6.45) is 1.76. The fourth-order valence-electron chi connectivity index (χ4n) is 1.25. The topological polar surface area (TPSA) is 40.0 Å². The number of benzene rings is 1. The first-order chi connectivity index (χ1) is 7.81. The van der Waals surface area contributed by atoms with E-state index in [1.807, 2.05) is 18.2 Å². The predicted octanol–water partition coefficient (Wildman–Crippen LogP) is 1.77. The minimum atomic E-state index is 0.614. The Morgan fingerprint density at radius 3 is 2.62 bits per heavy atom. The Morgan fingerprint density at radius 1 is 1.19 bits per heavy atom. The van der Waals surface area contributed by atoms with Gasteiger partial charge in [-0.2, -0.15) is 0 Å². The molecule has 16 heavy (non-hydrogen) atoms. The predicted molar refractivity (Wildman–Crippen MR) is 63.9 cm³/mol. The minimum Gasteiger partial charge on any atom is -0.497 e. The molecule has 0 N–H and O–H groups in total. The summed E-state index contributed by atoms with van der Waals surface area (Å²) in [5, 5.41) is 0. The minimum absolute atomic E-state index is 0.614. The molecule has 4 nitrogen and oxygen atoms in total. The molecule has 0 saturated heterocycles. The lowest BCUT2D eigenvalue weighted by Crippen LogP contribution is -1.96. The number of ether oxygens (including phenoxy) is 3. The van der Waals surface area contributed by atoms with Gasteiger partial charge in [0.15, 0.2) is 0 Å². The molecule has 0 heterocycles. The van der Waals surface area contributed by atoms with Crippen molar-refractivity contribution in [1.82, 2.24) is 0 Å². The SMILES string of the molecule is COCCN=Cc1cc(OC)ccc1OC. The van der Waals surface area contributed by atoms with Crippen LogP contribution in [-0.2, 0) is 4.74 Å². The maximum atomic E-state index is 5.22. The molecule has 0 aromatic heterocycles. The molecule has 1 aromatic carbocycles. The number of methoxy groups -OCH3 is 3. The van der Waals surface area contributed by atoms with Crippen molar-refractivity contribution in [2.45, 2.75) is 0 Å². The van der Waals surface area contributed by atoms with Gasteiger partial charge in [0.1, 0.15) is 11.5 Å². The van der Waals surface area contributed by atoms with E-state index in [0.29, 0.717) is 13.2 Å². The molecule has 0 atom stereocenters. The molecule has 0 saturated carbocycles. The molecule has 4 heteroatoms. The van der Waals surface area contributed by atoms with Crippen LogP contribution in [-0.4, -0.2) is 40.7 Å². The maximum absolute atomic E-state index is 5.22. The van der Waals surface area contributed by atoms with Gasteiger partial charge in [0.2, 0.25) is 0 Å². The Bertz CT molecular complexity index is 350. The van der Waals surface area contributed by atoms with Crippen LogP contribution in [0.3, 0.4) is 0 Å². The van der Waals surface area contributed by atoms with Crippen molar-refractivity contribution < 1.29 is 14.2 Å². The molecule has 0 radical (unpaired) electrons. The molecule has 0 amide bonds. The van der Waals surface area contributed by atoms with E-state index in [1.165, 1.54) is 0 Å². The van der Waals surface area contributed by atoms with Gasteiger partial charge in [-0.05, 0) is 18.2 Å². The summed E-state index contributed by atoms with van der Waals surface area (Å²) in [5.41, 5.74) is 0.901. The highest BCUT2D eigenvalue weighted by Gasteiger charge is 2.01. The van der Waals surface area contributed by atoms with Crippen LogP contribution < -0.4 is 9.47 Å². The third kappa shape index (κ3) is 3.55. The quantitative estimate of drug-likeness (QED) is 0.545. The first-order valence-corrected chi connectivity index (χ1v) is 5.02. The molecule has 88 valence electrons. The number of hydrogen-bond acceptors (Lipinski definition) is 4. The Kier molecular flexibility index (Phi) is 5.36. The second-order valence-corrected chi connectivity index (χ2v) is 3.14. The average molecular weight is 223 g/mol. The Hall–Kier alpha value is -1.55. The second-order valence-electron chi connectivity index (χ2n) is 3.14. The lowest BCUT2D eigenvalue weighted by Gasteiger charge is -2.06. The molecule has 1 rings (SSSR count). The lowest BCUT2D eigenvalue weighted by atomic mass is 10.2. The molecular weight excluding hydrogens is 206 g/mol. The van der Waals surface area contributed by atoms with Crippen molar-refractivity contribution in [2.75, 3.05) is 34.5 Å². The third-order valence-corrected chi connectivity index (χ3v) is 2.09. The molecule has 0 fully saturated rings. The normalized spacial score (nSPS) is 10.7. The highest BCUT2D eigenvalue weighted by atomic mass is 16.5. The van der Waals surface area contributed by atoms with Gasteiger partial charge in [-0.3, -0.25) is 4.99 Å². The van der Waals surface area contributed by atoms with Gasteiger partial charge >= 0.3 is 0 Å². The fourth-order valence-corrected chi connectivity index (χ4v) is 1.25. The summed E-state index contributed by atoms with van der Waals surface area (Å²) in [6.45, 7) is 1.25. The van der Waals surface area contributed by atoms with E-state index in [2.05, 4.69) is 4.99 Å². The number of rotatable bonds is 6. The van der Waals surface area contributed by atoms with Gasteiger partial charge in [-0.25, -0.2) is 0 Å². The average Bonchev–Trinajstić information content (AvgIpc) is 2.34. The van der Waals surface area contributed by atoms with E-state index in [1.54, 1.807) is 27.5 Å². The van der Waals surface area contributed by atoms with Gasteiger partial charge in [0.05, 0.1) is 27.4 Å². The largest absolute Gasteiger partial charge is 0.497 e. The standard InChI is InChI=1S/C12H17NO3/c1-14-7-6-13-9-10-8-11(15-2)4-5-12(10)16-3/h4-5,8-9H,6-7H2,1-3H3. The van der Waals surface area contributed by atoms with Crippen molar-refractivity contribution in [3.05, 3.63) is 23.8 Å². The summed E-state index contributed by atoms with van der Waals surface area (Å²) in [6, 6.07) is 5.59. The summed E-state index contributed by atoms with van der Waals surface area (Å²) in [4.78, 5) is 4.23. The lowest BCUT2D eigenvalue weighted by molar-refractivity contribution is 0.208. The maximum Gasteiger partial charge on any atom is 0.127 e. The van der Waals surface area contributed by atoms with Crippen molar-refractivity contribution >= 4 is 6.21 Å². The van der Waals surface area contributed by atoms with Gasteiger partial charge in [-0.15, -0.1) is 0 Å². The van der Waals surface area contributed by atoms with E-state index in [0.717, 1.165) is 17.1 Å². The molecular formula is C12H17NO3. The molecule has 0 aliphatic heterocycles. The summed E-state index contributed by atoms with van der Waals surface area (Å²) in [7, 11) is 4.92. The van der Waals surface area contributed by atoms with Gasteiger partial charge in [0, 0.05) is 18.9 Å². The van der Waals surface area contributed by atoms with Crippen LogP contribution in [0.1, 0.15) is 5.56 Å². The summed E-state index contributed by atoms with van der Waals surface area (Å²) in [5.74, 6) is 1.57. The van der Waals surface area contributed by atoms with Crippen LogP contribution in [0, 0.1) is 0 Å². The van der Waals surface area contributed by atoms with E-state index in [4.69, 9.17) is 14.2 Å². The van der Waals surface area contributed by atoms with Crippen molar-refractivity contribution in [3.8, 4) is 11.5 Å². The zero-order valence-corrected chi connectivity index (χ0v) is 9.90. The zero-order chi connectivity index (χ0) is 11.8. The molecule has 0 spiro atoms. The summed E-state index contributed by atoms with van der Waals surface area (Å²) >= 11 is 0. The summed E-state index contributed by atoms with van der Waals surface area (Å²) < 4.78 is 15.3. The van der Waals surface area contributed by atoms with Crippen LogP contribution in [0.15, 0.2) is 23.2 Å². The molecule has 0 bridgehead atoms.